The average Bonchev–Trinajstić information content (AvgIpc) is 1.58. The van der Waals surface area contributed by atoms with Crippen molar-refractivity contribution in [2.24, 2.45) is 0 Å². The van der Waals surface area contributed by atoms with Gasteiger partial charge in [-0.3, -0.25) is 0 Å². The van der Waals surface area contributed by atoms with Crippen molar-refractivity contribution >= 4 is 77.2 Å². The van der Waals surface area contributed by atoms with Gasteiger partial charge in [0.25, 0.3) is 0 Å². The Balaban J connectivity index is 0.000000123. The Kier molecular flexibility index (Phi) is 18.0. The van der Waals surface area contributed by atoms with Crippen molar-refractivity contribution in [2.45, 2.75) is 57.8 Å². The smallest absolute Gasteiger partial charge is 0.0465 e. The fraction of sp³-hybridized carbons (Fsp3) is 0.0783. The second-order valence-electron chi connectivity index (χ2n) is 33.1. The lowest BCUT2D eigenvalue weighted by Gasteiger charge is -2.28. The van der Waals surface area contributed by atoms with E-state index >= 15 is 0 Å². The van der Waals surface area contributed by atoms with E-state index in [9.17, 15) is 0 Å². The molecule has 0 saturated heterocycles. The fourth-order valence-electron chi connectivity index (χ4n) is 19.0. The summed E-state index contributed by atoms with van der Waals surface area (Å²) >= 11 is 0. The van der Waals surface area contributed by atoms with Gasteiger partial charge in [0.15, 0.2) is 0 Å². The molecule has 0 N–H and O–H groups in total. The molecule has 0 atom stereocenters. The second-order valence-corrected chi connectivity index (χ2v) is 33.1. The summed E-state index contributed by atoms with van der Waals surface area (Å²) in [6.45, 7) is 14.1. The number of anilines is 6. The predicted octanol–water partition coefficient (Wildman–Crippen LogP) is 31.9. The van der Waals surface area contributed by atoms with Gasteiger partial charge in [0.1, 0.15) is 0 Å². The first kappa shape index (κ1) is 71.8. The van der Waals surface area contributed by atoms with E-state index < -0.39 is 0 Å². The minimum atomic E-state index is -0.0700. The first-order valence-electron chi connectivity index (χ1n) is 41.0. The zero-order valence-corrected chi connectivity index (χ0v) is 66.8. The maximum atomic E-state index is 2.41. The van der Waals surface area contributed by atoms with Crippen molar-refractivity contribution in [3.63, 3.8) is 0 Å². The largest absolute Gasteiger partial charge is 0.310 e. The quantitative estimate of drug-likeness (QED) is 0.119. The summed E-state index contributed by atoms with van der Waals surface area (Å²) in [5.74, 6) is 0. The molecule has 0 aliphatic heterocycles. The summed E-state index contributed by atoms with van der Waals surface area (Å²) in [4.78, 5) is 4.75. The van der Waals surface area contributed by atoms with Crippen LogP contribution < -0.4 is 9.80 Å². The Bertz CT molecular complexity index is 6570. The first-order chi connectivity index (χ1) is 57.3. The monoisotopic (exact) mass is 1500 g/mol. The molecule has 0 amide bonds. The van der Waals surface area contributed by atoms with Crippen molar-refractivity contribution in [1.29, 1.82) is 0 Å². The summed E-state index contributed by atoms with van der Waals surface area (Å²) in [6.07, 6.45) is 0. The van der Waals surface area contributed by atoms with Crippen molar-refractivity contribution in [3.8, 4) is 89.0 Å². The minimum Gasteiger partial charge on any atom is -0.310 e. The Morgan fingerprint density at radius 2 is 0.419 bits per heavy atom. The Hall–Kier alpha value is -14.2. The molecule has 0 saturated carbocycles. The number of hydrogen-bond acceptors (Lipinski definition) is 2. The predicted molar refractivity (Wildman–Crippen MR) is 499 cm³/mol. The standard InChI is InChI=1S/C54H44N2.C35H26.C26H18/c1-53(2)49-21-13-11-19-45(49)47-33-31-43(35-51(47)53)55(39-15-7-5-8-16-39)41-27-23-37(24-28-41)38-25-29-42(30-26-38)56(40-17-9-6-10-18-40)44-32-34-48-46-20-12-14-22-50(46)54(3,4)52(48)36-44;1-35(2)33-21-29(27-13-11-23-7-3-5-9-25(23)19-27)15-17-31(33)32-18-16-30(22-34(32)35)28-14-12-24-8-4-6-10-26(24)20-28;1-3-9-19(10-4-1)21-13-7-15-23-24-16-8-14-22(20-11-5-2-6-12-20)26(24)18-17-25(21)23/h5-36H,1-4H3;3-22H,1-2H3;1-18H. The van der Waals surface area contributed by atoms with E-state index in [0.29, 0.717) is 0 Å². The van der Waals surface area contributed by atoms with Gasteiger partial charge in [0.2, 0.25) is 0 Å². The molecule has 558 valence electrons. The number of rotatable bonds is 11. The van der Waals surface area contributed by atoms with Crippen LogP contribution in [0.4, 0.5) is 34.1 Å². The molecule has 19 aromatic rings. The highest BCUT2D eigenvalue weighted by Crippen LogP contribution is 2.55. The number of benzene rings is 19. The van der Waals surface area contributed by atoms with Crippen LogP contribution in [0.2, 0.25) is 0 Å². The van der Waals surface area contributed by atoms with Gasteiger partial charge in [-0.15, -0.1) is 0 Å². The normalized spacial score (nSPS) is 13.2. The fourth-order valence-corrected chi connectivity index (χ4v) is 19.0. The summed E-state index contributed by atoms with van der Waals surface area (Å²) in [5.41, 5.74) is 35.6. The van der Waals surface area contributed by atoms with Crippen LogP contribution in [-0.4, -0.2) is 0 Å². The number of para-hydroxylation sites is 2. The van der Waals surface area contributed by atoms with Gasteiger partial charge in [0, 0.05) is 50.4 Å². The molecule has 0 heterocycles. The van der Waals surface area contributed by atoms with Crippen LogP contribution in [0.5, 0.6) is 0 Å². The van der Waals surface area contributed by atoms with Crippen LogP contribution in [0.3, 0.4) is 0 Å². The van der Waals surface area contributed by atoms with E-state index in [-0.39, 0.29) is 16.2 Å². The van der Waals surface area contributed by atoms with Crippen LogP contribution in [0, 0.1) is 0 Å². The van der Waals surface area contributed by atoms with E-state index in [4.69, 9.17) is 0 Å². The van der Waals surface area contributed by atoms with Gasteiger partial charge in [-0.2, -0.15) is 0 Å². The van der Waals surface area contributed by atoms with Gasteiger partial charge in [-0.25, -0.2) is 0 Å². The van der Waals surface area contributed by atoms with Gasteiger partial charge in [-0.05, 0) is 263 Å². The number of nitrogens with zero attached hydrogens (tertiary/aromatic N) is 2. The third-order valence-electron chi connectivity index (χ3n) is 25.2. The highest BCUT2D eigenvalue weighted by molar-refractivity contribution is 6.15. The number of hydrogen-bond donors (Lipinski definition) is 0. The molecule has 0 radical (unpaired) electrons. The Morgan fingerprint density at radius 1 is 0.145 bits per heavy atom. The van der Waals surface area contributed by atoms with E-state index in [1.165, 1.54) is 165 Å². The molecule has 22 rings (SSSR count). The van der Waals surface area contributed by atoms with Gasteiger partial charge in [-0.1, -0.05) is 369 Å². The molecule has 2 nitrogen and oxygen atoms in total. The highest BCUT2D eigenvalue weighted by atomic mass is 15.1. The Labute approximate surface area is 687 Å². The summed E-state index contributed by atoms with van der Waals surface area (Å²) in [5, 5.41) is 10.4. The molecule has 3 aliphatic carbocycles. The maximum Gasteiger partial charge on any atom is 0.0465 e. The lowest BCUT2D eigenvalue weighted by atomic mass is 9.80. The van der Waals surface area contributed by atoms with Crippen LogP contribution >= 0.6 is 0 Å². The molecule has 0 spiro atoms. The molecule has 3 aliphatic rings. The van der Waals surface area contributed by atoms with Crippen LogP contribution in [0.15, 0.2) is 425 Å². The SMILES string of the molecule is CC1(C)c2cc(-c3ccc4ccccc4c3)ccc2-c2ccc(-c3ccc4ccccc4c3)cc21.CC1(C)c2ccccc2-c2ccc(N(c3ccccc3)c3ccc(-c4ccc(N(c5ccccc5)c5ccc6c(c5)C(C)(C)c5ccccc5-6)cc4)cc3)cc21.c1ccc(-c2cccc3c2ccc2c(-c4ccccc4)cccc23)cc1. The third-order valence-corrected chi connectivity index (χ3v) is 25.2. The number of fused-ring (bicyclic) bond motifs is 14. The van der Waals surface area contributed by atoms with E-state index in [0.717, 1.165) is 34.1 Å². The van der Waals surface area contributed by atoms with Gasteiger partial charge < -0.3 is 9.80 Å². The topological polar surface area (TPSA) is 6.48 Å². The third kappa shape index (κ3) is 12.9. The zero-order valence-electron chi connectivity index (χ0n) is 66.8. The van der Waals surface area contributed by atoms with Crippen molar-refractivity contribution in [2.75, 3.05) is 9.80 Å². The van der Waals surface area contributed by atoms with Crippen molar-refractivity contribution < 1.29 is 0 Å². The maximum absolute atomic E-state index is 2.41. The summed E-state index contributed by atoms with van der Waals surface area (Å²) in [6, 6.07) is 155. The Morgan fingerprint density at radius 3 is 0.821 bits per heavy atom. The van der Waals surface area contributed by atoms with Crippen LogP contribution in [0.1, 0.15) is 74.9 Å². The van der Waals surface area contributed by atoms with E-state index in [1.54, 1.807) is 0 Å². The first-order valence-corrected chi connectivity index (χ1v) is 41.0. The van der Waals surface area contributed by atoms with Crippen molar-refractivity contribution in [1.82, 2.24) is 0 Å². The molecular formula is C115H88N2. The van der Waals surface area contributed by atoms with Crippen molar-refractivity contribution in [3.05, 3.63) is 458 Å². The van der Waals surface area contributed by atoms with Crippen LogP contribution in [0.25, 0.3) is 132 Å². The minimum absolute atomic E-state index is 0.0512. The summed E-state index contributed by atoms with van der Waals surface area (Å²) < 4.78 is 0. The zero-order chi connectivity index (χ0) is 78.9. The lowest BCUT2D eigenvalue weighted by molar-refractivity contribution is 0.660. The molecule has 117 heavy (non-hydrogen) atoms. The lowest BCUT2D eigenvalue weighted by Crippen LogP contribution is -2.16. The molecule has 0 aromatic heterocycles. The molecule has 0 fully saturated rings. The molecule has 19 aromatic carbocycles. The van der Waals surface area contributed by atoms with Crippen LogP contribution in [-0.2, 0) is 16.2 Å². The van der Waals surface area contributed by atoms with E-state index in [1.807, 2.05) is 0 Å². The second kappa shape index (κ2) is 29.3. The molecule has 0 unspecified atom stereocenters. The van der Waals surface area contributed by atoms with E-state index in [2.05, 4.69) is 476 Å². The van der Waals surface area contributed by atoms with Gasteiger partial charge in [0.05, 0.1) is 0 Å². The molecular weight excluding hydrogens is 1410 g/mol. The van der Waals surface area contributed by atoms with Gasteiger partial charge >= 0.3 is 0 Å². The average molecular weight is 1500 g/mol. The highest BCUT2D eigenvalue weighted by Gasteiger charge is 2.39. The molecule has 2 heteroatoms. The molecule has 0 bridgehead atoms. The summed E-state index contributed by atoms with van der Waals surface area (Å²) in [7, 11) is 0.